The van der Waals surface area contributed by atoms with Crippen molar-refractivity contribution >= 4 is 0 Å². The molecule has 0 spiro atoms. The predicted octanol–water partition coefficient (Wildman–Crippen LogP) is 4.95. The van der Waals surface area contributed by atoms with Crippen molar-refractivity contribution in [2.24, 2.45) is 0 Å². The molecule has 2 aromatic carbocycles. The Labute approximate surface area is 216 Å². The normalized spacial score (nSPS) is 18.7. The summed E-state index contributed by atoms with van der Waals surface area (Å²) in [4.78, 5) is 0. The van der Waals surface area contributed by atoms with Gasteiger partial charge in [-0.1, -0.05) is 76.9 Å². The molecule has 2 aromatic rings. The second-order valence-electron chi connectivity index (χ2n) is 11.7. The van der Waals surface area contributed by atoms with Crippen LogP contribution in [-0.4, -0.2) is 35.5 Å². The van der Waals surface area contributed by atoms with Crippen LogP contribution in [0, 0.1) is 13.8 Å². The molecule has 2 unspecified atom stereocenters. The van der Waals surface area contributed by atoms with Gasteiger partial charge in [0.2, 0.25) is 0 Å². The molecular formula is C28H42MnN2O3. The van der Waals surface area contributed by atoms with Gasteiger partial charge in [-0.05, 0) is 35.8 Å². The number of phenolic OH excluding ortho intramolecular Hbond substituents is 2. The summed E-state index contributed by atoms with van der Waals surface area (Å²) in [5.41, 5.74) is 5.84. The molecule has 34 heavy (non-hydrogen) atoms. The van der Waals surface area contributed by atoms with Crippen LogP contribution in [0.5, 0.6) is 11.5 Å². The third kappa shape index (κ3) is 6.77. The topological polar surface area (TPSA) is 73.8 Å². The van der Waals surface area contributed by atoms with E-state index in [1.807, 2.05) is 0 Å². The largest absolute Gasteiger partial charge is 0.507 e. The van der Waals surface area contributed by atoms with Gasteiger partial charge in [-0.3, -0.25) is 0 Å². The zero-order valence-corrected chi connectivity index (χ0v) is 23.2. The number of aromatic hydroxyl groups is 2. The Morgan fingerprint density at radius 2 is 1.09 bits per heavy atom. The molecule has 0 amide bonds. The van der Waals surface area contributed by atoms with E-state index in [4.69, 9.17) is 4.74 Å². The van der Waals surface area contributed by atoms with E-state index >= 15 is 0 Å². The Morgan fingerprint density at radius 1 is 0.735 bits per heavy atom. The van der Waals surface area contributed by atoms with E-state index in [1.54, 1.807) is 0 Å². The Hall–Kier alpha value is -1.56. The Balaban J connectivity index is 0.00000408. The van der Waals surface area contributed by atoms with E-state index in [9.17, 15) is 10.2 Å². The zero-order chi connectivity index (χ0) is 24.6. The molecular weight excluding hydrogens is 467 g/mol. The van der Waals surface area contributed by atoms with Crippen LogP contribution in [-0.2, 0) is 45.7 Å². The first-order chi connectivity index (χ1) is 15.3. The SMILES string of the molecule is Cc1cc(CNC2COCC2NCc2cc(C)cc(C(C)(C)C)c2O)c(O)c(C(C)(C)C)c1.[Mn]. The quantitative estimate of drug-likeness (QED) is 0.415. The van der Waals surface area contributed by atoms with E-state index in [2.05, 4.69) is 90.3 Å². The van der Waals surface area contributed by atoms with Crippen molar-refractivity contribution in [3.8, 4) is 11.5 Å². The van der Waals surface area contributed by atoms with Gasteiger partial charge in [0, 0.05) is 53.4 Å². The Kier molecular flexibility index (Phi) is 9.29. The maximum Gasteiger partial charge on any atom is 0.123 e. The molecule has 1 saturated heterocycles. The first-order valence-electron chi connectivity index (χ1n) is 12.0. The van der Waals surface area contributed by atoms with E-state index in [1.165, 1.54) is 0 Å². The fourth-order valence-corrected chi connectivity index (χ4v) is 4.56. The van der Waals surface area contributed by atoms with Crippen molar-refractivity contribution < 1.29 is 32.0 Å². The molecule has 1 aliphatic heterocycles. The summed E-state index contributed by atoms with van der Waals surface area (Å²) in [6.07, 6.45) is 0. The van der Waals surface area contributed by atoms with Gasteiger partial charge in [-0.25, -0.2) is 0 Å². The summed E-state index contributed by atoms with van der Waals surface area (Å²) < 4.78 is 5.76. The number of phenols is 2. The van der Waals surface area contributed by atoms with Crippen LogP contribution in [0.2, 0.25) is 0 Å². The summed E-state index contributed by atoms with van der Waals surface area (Å²) in [6, 6.07) is 8.49. The van der Waals surface area contributed by atoms with Gasteiger partial charge in [0.15, 0.2) is 0 Å². The number of benzene rings is 2. The first-order valence-corrected chi connectivity index (χ1v) is 12.0. The molecule has 3 rings (SSSR count). The maximum absolute atomic E-state index is 10.9. The molecule has 4 N–H and O–H groups in total. The molecule has 0 bridgehead atoms. The molecule has 6 heteroatoms. The van der Waals surface area contributed by atoms with Gasteiger partial charge < -0.3 is 25.6 Å². The third-order valence-electron chi connectivity index (χ3n) is 6.47. The number of nitrogens with one attached hydrogen (secondary N) is 2. The van der Waals surface area contributed by atoms with Crippen molar-refractivity contribution in [1.29, 1.82) is 0 Å². The van der Waals surface area contributed by atoms with Crippen LogP contribution in [0.25, 0.3) is 0 Å². The van der Waals surface area contributed by atoms with Gasteiger partial charge in [-0.2, -0.15) is 0 Å². The van der Waals surface area contributed by atoms with Gasteiger partial charge in [0.25, 0.3) is 0 Å². The monoisotopic (exact) mass is 509 g/mol. The predicted molar refractivity (Wildman–Crippen MR) is 135 cm³/mol. The number of hydrogen-bond donors (Lipinski definition) is 4. The van der Waals surface area contributed by atoms with Crippen LogP contribution in [0.15, 0.2) is 24.3 Å². The molecule has 5 nitrogen and oxygen atoms in total. The van der Waals surface area contributed by atoms with Gasteiger partial charge in [0.05, 0.1) is 13.2 Å². The van der Waals surface area contributed by atoms with Crippen molar-refractivity contribution in [3.05, 3.63) is 57.6 Å². The van der Waals surface area contributed by atoms with Crippen molar-refractivity contribution in [2.45, 2.75) is 91.4 Å². The second kappa shape index (κ2) is 11.0. The standard InChI is InChI=1S/C28H42N2O3.Mn/c1-17-9-19(25(31)21(11-17)27(3,4)5)13-29-23-15-33-16-24(23)30-14-20-10-18(2)12-22(26(20)32)28(6,7)8;/h9-12,23-24,29-32H,13-16H2,1-8H3;. The van der Waals surface area contributed by atoms with E-state index in [-0.39, 0.29) is 40.0 Å². The molecule has 0 saturated carbocycles. The molecule has 0 aliphatic carbocycles. The summed E-state index contributed by atoms with van der Waals surface area (Å²) >= 11 is 0. The van der Waals surface area contributed by atoms with Crippen molar-refractivity contribution in [1.82, 2.24) is 10.6 Å². The molecule has 189 valence electrons. The minimum Gasteiger partial charge on any atom is -0.507 e. The summed E-state index contributed by atoms with van der Waals surface area (Å²) in [7, 11) is 0. The van der Waals surface area contributed by atoms with E-state index in [0.717, 1.165) is 33.4 Å². The number of aryl methyl sites for hydroxylation is 2. The molecule has 1 fully saturated rings. The minimum atomic E-state index is -0.118. The van der Waals surface area contributed by atoms with Gasteiger partial charge >= 0.3 is 0 Å². The fourth-order valence-electron chi connectivity index (χ4n) is 4.56. The van der Waals surface area contributed by atoms with Crippen LogP contribution in [0.4, 0.5) is 0 Å². The average Bonchev–Trinajstić information content (AvgIpc) is 3.14. The summed E-state index contributed by atoms with van der Waals surface area (Å²) in [5.74, 6) is 0.756. The van der Waals surface area contributed by atoms with E-state index < -0.39 is 0 Å². The molecule has 0 aromatic heterocycles. The third-order valence-corrected chi connectivity index (χ3v) is 6.47. The van der Waals surface area contributed by atoms with Crippen LogP contribution >= 0.6 is 0 Å². The number of hydrogen-bond acceptors (Lipinski definition) is 5. The van der Waals surface area contributed by atoms with Crippen molar-refractivity contribution in [2.75, 3.05) is 13.2 Å². The van der Waals surface area contributed by atoms with Crippen LogP contribution in [0.1, 0.15) is 74.9 Å². The second-order valence-corrected chi connectivity index (χ2v) is 11.7. The first kappa shape index (κ1) is 28.7. The van der Waals surface area contributed by atoms with Crippen LogP contribution < -0.4 is 10.6 Å². The molecule has 1 heterocycles. The number of rotatable bonds is 6. The maximum atomic E-state index is 10.9. The summed E-state index contributed by atoms with van der Waals surface area (Å²) in [6.45, 7) is 19.2. The smallest absolute Gasteiger partial charge is 0.123 e. The fraction of sp³-hybridized carbons (Fsp3) is 0.571. The van der Waals surface area contributed by atoms with Crippen molar-refractivity contribution in [3.63, 3.8) is 0 Å². The van der Waals surface area contributed by atoms with E-state index in [0.29, 0.717) is 37.8 Å². The Bertz CT molecular complexity index is 913. The molecule has 1 radical (unpaired) electrons. The van der Waals surface area contributed by atoms with Crippen LogP contribution in [0.3, 0.4) is 0 Å². The number of ether oxygens (including phenoxy) is 1. The zero-order valence-electron chi connectivity index (χ0n) is 22.0. The minimum absolute atomic E-state index is 0. The summed E-state index contributed by atoms with van der Waals surface area (Å²) in [5, 5.41) is 28.9. The molecule has 1 aliphatic rings. The van der Waals surface area contributed by atoms with Gasteiger partial charge in [0.1, 0.15) is 11.5 Å². The molecule has 2 atom stereocenters. The van der Waals surface area contributed by atoms with Gasteiger partial charge in [-0.15, -0.1) is 0 Å². The average molecular weight is 510 g/mol. The Morgan fingerprint density at radius 3 is 1.41 bits per heavy atom.